The number of ether oxygens (including phenoxy) is 1. The van der Waals surface area contributed by atoms with E-state index in [-0.39, 0.29) is 5.97 Å². The van der Waals surface area contributed by atoms with E-state index >= 15 is 0 Å². The number of aromatic nitrogens is 1. The Bertz CT molecular complexity index is 482. The SMILES string of the molecule is CCOC(=O)c1oc(C2CCCCCCC2)nc1C1CC1. The van der Waals surface area contributed by atoms with Crippen LogP contribution in [-0.2, 0) is 4.74 Å². The molecule has 0 unspecified atom stereocenters. The predicted molar refractivity (Wildman–Crippen MR) is 79.5 cm³/mol. The van der Waals surface area contributed by atoms with Crippen LogP contribution in [0.5, 0.6) is 0 Å². The predicted octanol–water partition coefficient (Wildman–Crippen LogP) is 4.56. The highest BCUT2D eigenvalue weighted by atomic mass is 16.5. The molecule has 0 bridgehead atoms. The fourth-order valence-corrected chi connectivity index (χ4v) is 3.20. The summed E-state index contributed by atoms with van der Waals surface area (Å²) < 4.78 is 11.0. The minimum Gasteiger partial charge on any atom is -0.460 e. The minimum absolute atomic E-state index is 0.344. The van der Waals surface area contributed by atoms with E-state index in [1.165, 1.54) is 32.1 Å². The van der Waals surface area contributed by atoms with Crippen LogP contribution in [0.1, 0.15) is 98.7 Å². The maximum atomic E-state index is 12.1. The van der Waals surface area contributed by atoms with E-state index in [0.717, 1.165) is 37.3 Å². The Kier molecular flexibility index (Phi) is 4.61. The topological polar surface area (TPSA) is 52.3 Å². The average Bonchev–Trinajstić information content (AvgIpc) is 3.18. The summed E-state index contributed by atoms with van der Waals surface area (Å²) in [5.41, 5.74) is 0.852. The molecule has 3 rings (SSSR count). The van der Waals surface area contributed by atoms with Gasteiger partial charge in [-0.15, -0.1) is 0 Å². The van der Waals surface area contributed by atoms with E-state index in [1.54, 1.807) is 0 Å². The maximum Gasteiger partial charge on any atom is 0.376 e. The van der Waals surface area contributed by atoms with E-state index in [9.17, 15) is 4.79 Å². The van der Waals surface area contributed by atoms with Crippen molar-refractivity contribution < 1.29 is 13.9 Å². The summed E-state index contributed by atoms with van der Waals surface area (Å²) in [7, 11) is 0. The van der Waals surface area contributed by atoms with E-state index in [2.05, 4.69) is 0 Å². The molecule has 2 aliphatic rings. The summed E-state index contributed by atoms with van der Waals surface area (Å²) in [6.07, 6.45) is 10.9. The van der Waals surface area contributed by atoms with Crippen LogP contribution in [0.2, 0.25) is 0 Å². The molecule has 0 amide bonds. The van der Waals surface area contributed by atoms with Crippen LogP contribution >= 0.6 is 0 Å². The summed E-state index contributed by atoms with van der Waals surface area (Å²) in [6.45, 7) is 2.20. The van der Waals surface area contributed by atoms with Crippen LogP contribution in [-0.4, -0.2) is 17.6 Å². The van der Waals surface area contributed by atoms with Gasteiger partial charge >= 0.3 is 5.97 Å². The molecule has 2 fully saturated rings. The molecule has 116 valence electrons. The lowest BCUT2D eigenvalue weighted by Gasteiger charge is -2.16. The Morgan fingerprint density at radius 3 is 2.38 bits per heavy atom. The standard InChI is InChI=1S/C17H25NO3/c1-2-20-17(19)15-14(12-10-11-12)18-16(21-15)13-8-6-4-3-5-7-9-13/h12-13H,2-11H2,1H3. The minimum atomic E-state index is -0.344. The molecule has 0 aromatic carbocycles. The molecule has 0 N–H and O–H groups in total. The fourth-order valence-electron chi connectivity index (χ4n) is 3.20. The summed E-state index contributed by atoms with van der Waals surface area (Å²) in [5, 5.41) is 0. The second kappa shape index (κ2) is 6.63. The first-order valence-corrected chi connectivity index (χ1v) is 8.47. The summed E-state index contributed by atoms with van der Waals surface area (Å²) in [5.74, 6) is 1.60. The van der Waals surface area contributed by atoms with Gasteiger partial charge in [0.25, 0.3) is 0 Å². The molecule has 4 nitrogen and oxygen atoms in total. The normalized spacial score (nSPS) is 20.8. The summed E-state index contributed by atoms with van der Waals surface area (Å²) in [6, 6.07) is 0. The van der Waals surface area contributed by atoms with Crippen molar-refractivity contribution in [3.63, 3.8) is 0 Å². The quantitative estimate of drug-likeness (QED) is 0.763. The summed E-state index contributed by atoms with van der Waals surface area (Å²) in [4.78, 5) is 16.8. The lowest BCUT2D eigenvalue weighted by atomic mass is 9.91. The van der Waals surface area contributed by atoms with Crippen molar-refractivity contribution in [1.82, 2.24) is 4.98 Å². The van der Waals surface area contributed by atoms with Gasteiger partial charge < -0.3 is 9.15 Å². The Balaban J connectivity index is 1.81. The van der Waals surface area contributed by atoms with Gasteiger partial charge in [0.1, 0.15) is 0 Å². The molecule has 1 aromatic rings. The van der Waals surface area contributed by atoms with E-state index in [1.807, 2.05) is 6.92 Å². The molecule has 2 aliphatic carbocycles. The van der Waals surface area contributed by atoms with E-state index < -0.39 is 0 Å². The van der Waals surface area contributed by atoms with Crippen molar-refractivity contribution in [2.45, 2.75) is 76.5 Å². The van der Waals surface area contributed by atoms with Crippen molar-refractivity contribution in [2.75, 3.05) is 6.61 Å². The Hall–Kier alpha value is -1.32. The zero-order chi connectivity index (χ0) is 14.7. The number of carbonyl (C=O) groups is 1. The van der Waals surface area contributed by atoms with Gasteiger partial charge in [-0.1, -0.05) is 32.1 Å². The van der Waals surface area contributed by atoms with Gasteiger partial charge in [0.2, 0.25) is 5.76 Å². The number of nitrogens with zero attached hydrogens (tertiary/aromatic N) is 1. The largest absolute Gasteiger partial charge is 0.460 e. The van der Waals surface area contributed by atoms with E-state index in [0.29, 0.717) is 24.2 Å². The van der Waals surface area contributed by atoms with Crippen LogP contribution in [0.4, 0.5) is 0 Å². The number of carbonyl (C=O) groups excluding carboxylic acids is 1. The molecule has 0 atom stereocenters. The number of hydrogen-bond donors (Lipinski definition) is 0. The highest BCUT2D eigenvalue weighted by Crippen LogP contribution is 2.43. The molecule has 4 heteroatoms. The molecule has 0 saturated heterocycles. The highest BCUT2D eigenvalue weighted by Gasteiger charge is 2.35. The molecule has 1 aromatic heterocycles. The molecule has 0 radical (unpaired) electrons. The molecule has 21 heavy (non-hydrogen) atoms. The Morgan fingerprint density at radius 1 is 1.10 bits per heavy atom. The fraction of sp³-hybridized carbons (Fsp3) is 0.765. The van der Waals surface area contributed by atoms with Gasteiger partial charge in [-0.25, -0.2) is 9.78 Å². The molecule has 2 saturated carbocycles. The molecule has 1 heterocycles. The van der Waals surface area contributed by atoms with Crippen molar-refractivity contribution >= 4 is 5.97 Å². The van der Waals surface area contributed by atoms with Gasteiger partial charge in [-0.3, -0.25) is 0 Å². The first-order valence-electron chi connectivity index (χ1n) is 8.47. The van der Waals surface area contributed by atoms with Gasteiger partial charge in [0.15, 0.2) is 5.89 Å². The van der Waals surface area contributed by atoms with Crippen LogP contribution in [0.3, 0.4) is 0 Å². The Labute approximate surface area is 126 Å². The lowest BCUT2D eigenvalue weighted by Crippen LogP contribution is -2.06. The molecular weight excluding hydrogens is 266 g/mol. The third-order valence-electron chi connectivity index (χ3n) is 4.55. The summed E-state index contributed by atoms with van der Waals surface area (Å²) >= 11 is 0. The molecule has 0 aliphatic heterocycles. The third-order valence-corrected chi connectivity index (χ3v) is 4.55. The van der Waals surface area contributed by atoms with Crippen molar-refractivity contribution in [3.05, 3.63) is 17.3 Å². The van der Waals surface area contributed by atoms with Crippen LogP contribution in [0, 0.1) is 0 Å². The first-order chi connectivity index (χ1) is 10.3. The monoisotopic (exact) mass is 291 g/mol. The lowest BCUT2D eigenvalue weighted by molar-refractivity contribution is 0.0485. The van der Waals surface area contributed by atoms with Crippen molar-refractivity contribution in [2.24, 2.45) is 0 Å². The number of esters is 1. The van der Waals surface area contributed by atoms with Crippen molar-refractivity contribution in [3.8, 4) is 0 Å². The molecular formula is C17H25NO3. The van der Waals surface area contributed by atoms with Gasteiger partial charge in [0, 0.05) is 11.8 Å². The first kappa shape index (κ1) is 14.6. The van der Waals surface area contributed by atoms with Gasteiger partial charge in [-0.05, 0) is 32.6 Å². The molecule has 0 spiro atoms. The van der Waals surface area contributed by atoms with Crippen LogP contribution in [0.25, 0.3) is 0 Å². The average molecular weight is 291 g/mol. The maximum absolute atomic E-state index is 12.1. The zero-order valence-corrected chi connectivity index (χ0v) is 12.9. The van der Waals surface area contributed by atoms with E-state index in [4.69, 9.17) is 14.1 Å². The highest BCUT2D eigenvalue weighted by molar-refractivity contribution is 5.87. The number of hydrogen-bond acceptors (Lipinski definition) is 4. The second-order valence-electron chi connectivity index (χ2n) is 6.30. The van der Waals surface area contributed by atoms with Crippen LogP contribution in [0.15, 0.2) is 4.42 Å². The van der Waals surface area contributed by atoms with Gasteiger partial charge in [-0.2, -0.15) is 0 Å². The number of oxazole rings is 1. The third kappa shape index (κ3) is 3.47. The van der Waals surface area contributed by atoms with Crippen LogP contribution < -0.4 is 0 Å². The van der Waals surface area contributed by atoms with Crippen molar-refractivity contribution in [1.29, 1.82) is 0 Å². The zero-order valence-electron chi connectivity index (χ0n) is 12.9. The van der Waals surface area contributed by atoms with Gasteiger partial charge in [0.05, 0.1) is 12.3 Å². The smallest absolute Gasteiger partial charge is 0.376 e. The second-order valence-corrected chi connectivity index (χ2v) is 6.30. The number of rotatable bonds is 4. The Morgan fingerprint density at radius 2 is 1.76 bits per heavy atom.